The summed E-state index contributed by atoms with van der Waals surface area (Å²) in [5.41, 5.74) is 4.37. The van der Waals surface area contributed by atoms with Gasteiger partial charge in [0, 0.05) is 11.1 Å². The Morgan fingerprint density at radius 1 is 0.864 bits per heavy atom. The minimum atomic E-state index is -1.05. The van der Waals surface area contributed by atoms with Crippen LogP contribution in [0.15, 0.2) is 36.4 Å². The van der Waals surface area contributed by atoms with Crippen LogP contribution in [0, 0.1) is 20.8 Å². The lowest BCUT2D eigenvalue weighted by Gasteiger charge is -2.26. The van der Waals surface area contributed by atoms with E-state index < -0.39 is 5.41 Å². The second-order valence-corrected chi connectivity index (χ2v) is 6.20. The number of Topliss-reactive ketones (excluding diaryl/α,β-unsaturated/α-hetero) is 2. The van der Waals surface area contributed by atoms with Gasteiger partial charge in [0.25, 0.3) is 0 Å². The number of aryl methyl sites for hydroxylation is 2. The lowest BCUT2D eigenvalue weighted by Crippen LogP contribution is -2.38. The number of hydrogen-bond donors (Lipinski definition) is 0. The molecular formula is C20H20O2. The van der Waals surface area contributed by atoms with Crippen LogP contribution in [-0.4, -0.2) is 11.6 Å². The SMILES string of the molecule is CCC1(c2cc(C)c(C)c(C)c2)C(=O)c2ccccc2C1=O. The topological polar surface area (TPSA) is 34.1 Å². The standard InChI is InChI=1S/C20H20O2/c1-5-20(15-10-12(2)14(4)13(3)11-15)18(21)16-8-6-7-9-17(16)19(20)22/h6-11H,5H2,1-4H3. The van der Waals surface area contributed by atoms with E-state index >= 15 is 0 Å². The third-order valence-electron chi connectivity index (χ3n) is 5.14. The molecule has 0 aromatic heterocycles. The van der Waals surface area contributed by atoms with Crippen LogP contribution < -0.4 is 0 Å². The fourth-order valence-corrected chi connectivity index (χ4v) is 3.51. The number of carbonyl (C=O) groups excluding carboxylic acids is 2. The number of rotatable bonds is 2. The van der Waals surface area contributed by atoms with Gasteiger partial charge < -0.3 is 0 Å². The predicted octanol–water partition coefficient (Wildman–Crippen LogP) is 4.34. The molecule has 1 aliphatic carbocycles. The Hall–Kier alpha value is -2.22. The molecule has 2 aromatic rings. The minimum absolute atomic E-state index is 0.0572. The van der Waals surface area contributed by atoms with E-state index in [1.165, 1.54) is 5.56 Å². The van der Waals surface area contributed by atoms with Crippen molar-refractivity contribution in [3.8, 4) is 0 Å². The lowest BCUT2D eigenvalue weighted by molar-refractivity contribution is 0.0789. The smallest absolute Gasteiger partial charge is 0.181 e. The molecule has 0 unspecified atom stereocenters. The number of benzene rings is 2. The van der Waals surface area contributed by atoms with Gasteiger partial charge in [0.05, 0.1) is 0 Å². The summed E-state index contributed by atoms with van der Waals surface area (Å²) in [6.45, 7) is 8.06. The van der Waals surface area contributed by atoms with Gasteiger partial charge in [-0.25, -0.2) is 0 Å². The fourth-order valence-electron chi connectivity index (χ4n) is 3.51. The first-order valence-corrected chi connectivity index (χ1v) is 7.70. The van der Waals surface area contributed by atoms with E-state index in [-0.39, 0.29) is 11.6 Å². The average molecular weight is 292 g/mol. The summed E-state index contributed by atoms with van der Waals surface area (Å²) in [6, 6.07) is 11.2. The first-order valence-electron chi connectivity index (χ1n) is 7.70. The van der Waals surface area contributed by atoms with Gasteiger partial charge in [0.15, 0.2) is 11.6 Å². The van der Waals surface area contributed by atoms with Crippen LogP contribution in [0.5, 0.6) is 0 Å². The maximum atomic E-state index is 13.0. The monoisotopic (exact) mass is 292 g/mol. The Kier molecular flexibility index (Phi) is 3.28. The molecular weight excluding hydrogens is 272 g/mol. The Balaban J connectivity index is 2.28. The largest absolute Gasteiger partial charge is 0.293 e. The summed E-state index contributed by atoms with van der Waals surface area (Å²) < 4.78 is 0. The zero-order valence-corrected chi connectivity index (χ0v) is 13.5. The lowest BCUT2D eigenvalue weighted by atomic mass is 9.72. The highest BCUT2D eigenvalue weighted by atomic mass is 16.2. The summed E-state index contributed by atoms with van der Waals surface area (Å²) in [4.78, 5) is 26.1. The Morgan fingerprint density at radius 2 is 1.32 bits per heavy atom. The molecule has 0 spiro atoms. The number of ketones is 2. The van der Waals surface area contributed by atoms with Crippen molar-refractivity contribution in [1.82, 2.24) is 0 Å². The molecule has 2 heteroatoms. The van der Waals surface area contributed by atoms with Gasteiger partial charge in [-0.15, -0.1) is 0 Å². The van der Waals surface area contributed by atoms with Crippen LogP contribution >= 0.6 is 0 Å². The van der Waals surface area contributed by atoms with Crippen LogP contribution in [0.25, 0.3) is 0 Å². The number of hydrogen-bond acceptors (Lipinski definition) is 2. The van der Waals surface area contributed by atoms with Crippen molar-refractivity contribution < 1.29 is 9.59 Å². The Bertz CT molecular complexity index is 741. The Morgan fingerprint density at radius 3 is 1.73 bits per heavy atom. The van der Waals surface area contributed by atoms with E-state index in [0.29, 0.717) is 17.5 Å². The van der Waals surface area contributed by atoms with E-state index in [9.17, 15) is 9.59 Å². The van der Waals surface area contributed by atoms with E-state index in [1.807, 2.05) is 45.0 Å². The zero-order chi connectivity index (χ0) is 16.1. The Labute approximate surface area is 131 Å². The fraction of sp³-hybridized carbons (Fsp3) is 0.300. The van der Waals surface area contributed by atoms with Gasteiger partial charge in [-0.2, -0.15) is 0 Å². The molecule has 2 aromatic carbocycles. The molecule has 0 saturated heterocycles. The molecule has 0 saturated carbocycles. The summed E-state index contributed by atoms with van der Waals surface area (Å²) in [5.74, 6) is -0.114. The van der Waals surface area contributed by atoms with Crippen LogP contribution in [0.1, 0.15) is 56.3 Å². The van der Waals surface area contributed by atoms with Crippen LogP contribution in [0.3, 0.4) is 0 Å². The van der Waals surface area contributed by atoms with Gasteiger partial charge in [-0.1, -0.05) is 43.3 Å². The molecule has 3 rings (SSSR count). The molecule has 0 amide bonds. The van der Waals surface area contributed by atoms with E-state index in [1.54, 1.807) is 12.1 Å². The second-order valence-electron chi connectivity index (χ2n) is 6.20. The average Bonchev–Trinajstić information content (AvgIpc) is 2.74. The summed E-state index contributed by atoms with van der Waals surface area (Å²) in [5, 5.41) is 0. The van der Waals surface area contributed by atoms with Gasteiger partial charge in [0.2, 0.25) is 0 Å². The van der Waals surface area contributed by atoms with Crippen molar-refractivity contribution >= 4 is 11.6 Å². The highest BCUT2D eigenvalue weighted by Gasteiger charge is 2.52. The molecule has 22 heavy (non-hydrogen) atoms. The van der Waals surface area contributed by atoms with E-state index in [2.05, 4.69) is 6.92 Å². The van der Waals surface area contributed by atoms with E-state index in [0.717, 1.165) is 16.7 Å². The van der Waals surface area contributed by atoms with Crippen LogP contribution in [0.4, 0.5) is 0 Å². The van der Waals surface area contributed by atoms with Crippen molar-refractivity contribution in [1.29, 1.82) is 0 Å². The van der Waals surface area contributed by atoms with Crippen molar-refractivity contribution in [3.63, 3.8) is 0 Å². The highest BCUT2D eigenvalue weighted by Crippen LogP contribution is 2.43. The molecule has 0 N–H and O–H groups in total. The predicted molar refractivity (Wildman–Crippen MR) is 87.7 cm³/mol. The molecule has 2 nitrogen and oxygen atoms in total. The van der Waals surface area contributed by atoms with Crippen molar-refractivity contribution in [2.24, 2.45) is 0 Å². The van der Waals surface area contributed by atoms with E-state index in [4.69, 9.17) is 0 Å². The van der Waals surface area contributed by atoms with Crippen molar-refractivity contribution in [2.75, 3.05) is 0 Å². The van der Waals surface area contributed by atoms with Crippen molar-refractivity contribution in [3.05, 3.63) is 69.8 Å². The molecule has 0 bridgehead atoms. The molecule has 1 aliphatic rings. The molecule has 0 radical (unpaired) electrons. The molecule has 0 heterocycles. The second kappa shape index (κ2) is 4.91. The third-order valence-corrected chi connectivity index (χ3v) is 5.14. The minimum Gasteiger partial charge on any atom is -0.293 e. The normalized spacial score (nSPS) is 16.0. The van der Waals surface area contributed by atoms with Gasteiger partial charge in [-0.3, -0.25) is 9.59 Å². The quantitative estimate of drug-likeness (QED) is 0.772. The number of carbonyl (C=O) groups is 2. The first kappa shape index (κ1) is 14.7. The van der Waals surface area contributed by atoms with Crippen LogP contribution in [0.2, 0.25) is 0 Å². The van der Waals surface area contributed by atoms with Crippen molar-refractivity contribution in [2.45, 2.75) is 39.5 Å². The van der Waals surface area contributed by atoms with Gasteiger partial charge in [0.1, 0.15) is 5.41 Å². The molecule has 112 valence electrons. The summed E-state index contributed by atoms with van der Waals surface area (Å²) in [6.07, 6.45) is 0.487. The summed E-state index contributed by atoms with van der Waals surface area (Å²) in [7, 11) is 0. The zero-order valence-electron chi connectivity index (χ0n) is 13.5. The maximum absolute atomic E-state index is 13.0. The van der Waals surface area contributed by atoms with Gasteiger partial charge >= 0.3 is 0 Å². The summed E-state index contributed by atoms with van der Waals surface area (Å²) >= 11 is 0. The third kappa shape index (κ3) is 1.73. The molecule has 0 aliphatic heterocycles. The highest BCUT2D eigenvalue weighted by molar-refractivity contribution is 6.33. The first-order chi connectivity index (χ1) is 10.4. The molecule has 0 fully saturated rings. The maximum Gasteiger partial charge on any atom is 0.181 e. The number of fused-ring (bicyclic) bond motifs is 1. The van der Waals surface area contributed by atoms with Crippen LogP contribution in [-0.2, 0) is 5.41 Å². The molecule has 0 atom stereocenters. The van der Waals surface area contributed by atoms with Gasteiger partial charge in [-0.05, 0) is 49.4 Å².